The topological polar surface area (TPSA) is 75.0 Å². The van der Waals surface area contributed by atoms with Crippen LogP contribution in [0.25, 0.3) is 22.5 Å². The molecule has 0 saturated carbocycles. The fourth-order valence-corrected chi connectivity index (χ4v) is 20.8. The van der Waals surface area contributed by atoms with E-state index in [2.05, 4.69) is 73.2 Å². The van der Waals surface area contributed by atoms with Gasteiger partial charge in [-0.3, -0.25) is 4.98 Å². The number of pyridine rings is 1. The third-order valence-corrected chi connectivity index (χ3v) is 23.6. The van der Waals surface area contributed by atoms with Gasteiger partial charge in [-0.2, -0.15) is 0 Å². The number of hydrogen-bond donors (Lipinski definition) is 0. The van der Waals surface area contributed by atoms with E-state index in [1.807, 2.05) is 6.07 Å². The van der Waals surface area contributed by atoms with E-state index in [-0.39, 0.29) is 0 Å². The van der Waals surface area contributed by atoms with Gasteiger partial charge in [0.2, 0.25) is 0 Å². The first-order valence-corrected chi connectivity index (χ1v) is 25.1. The summed E-state index contributed by atoms with van der Waals surface area (Å²) in [4.78, 5) is 4.89. The van der Waals surface area contributed by atoms with E-state index in [1.54, 1.807) is 7.11 Å². The molecule has 2 heterocycles. The fourth-order valence-electron chi connectivity index (χ4n) is 6.78. The Kier molecular flexibility index (Phi) is 12.5. The predicted molar refractivity (Wildman–Crippen MR) is 190 cm³/mol. The zero-order chi connectivity index (χ0) is 32.4. The quantitative estimate of drug-likeness (QED) is 0.101. The molecule has 0 spiro atoms. The molecule has 0 atom stereocenters. The Labute approximate surface area is 280 Å². The van der Waals surface area contributed by atoms with Crippen molar-refractivity contribution >= 4 is 18.7 Å². The van der Waals surface area contributed by atoms with E-state index in [9.17, 15) is 0 Å². The second-order valence-corrected chi connectivity index (χ2v) is 25.3. The van der Waals surface area contributed by atoms with E-state index >= 15 is 0 Å². The molecule has 4 aromatic rings. The van der Waals surface area contributed by atoms with Crippen LogP contribution >= 0.6 is 0 Å². The standard InChI is InChI=1S/C26H26N5O2.3C4H9.Sn/c1-3-19-14-25(22-6-4-5-7-24(22)27-19)33-16-17-8-10-18(11-9-17)21-13-12-20(32-2)15-23(21)26-28-30-31-29-26;3*1-3-4-2;/h8-15H,3-7,16H2,1-2H3;3*1,3-4H2,2H3;/q-1;;;;+1. The summed E-state index contributed by atoms with van der Waals surface area (Å²) in [5.74, 6) is 2.50. The van der Waals surface area contributed by atoms with Crippen LogP contribution in [0.4, 0.5) is 0 Å². The average Bonchev–Trinajstić information content (AvgIpc) is 3.61. The molecule has 5 rings (SSSR count). The second-order valence-electron chi connectivity index (χ2n) is 12.9. The van der Waals surface area contributed by atoms with Gasteiger partial charge < -0.3 is 0 Å². The summed E-state index contributed by atoms with van der Waals surface area (Å²) in [5, 5.41) is 14.8. The minimum atomic E-state index is -2.89. The molecular formula is C38H53N5O2Sn. The third-order valence-electron chi connectivity index (χ3n) is 9.63. The van der Waals surface area contributed by atoms with Crippen LogP contribution in [0.1, 0.15) is 102 Å². The molecule has 0 N–H and O–H groups in total. The molecule has 0 radical (unpaired) electrons. The number of aromatic nitrogens is 5. The molecule has 8 heteroatoms. The van der Waals surface area contributed by atoms with Gasteiger partial charge in [0.15, 0.2) is 0 Å². The van der Waals surface area contributed by atoms with Gasteiger partial charge in [0.25, 0.3) is 0 Å². The number of fused-ring (bicyclic) bond motifs is 1. The first kappa shape index (κ1) is 34.4. The van der Waals surface area contributed by atoms with Gasteiger partial charge in [0.05, 0.1) is 0 Å². The van der Waals surface area contributed by atoms with Gasteiger partial charge in [-0.05, 0) is 32.1 Å². The SMILES string of the molecule is CCC[CH2][Sn]([CH2]CCC)([CH2]CCC)[n]1nnc(-c2cc(OC)ccc2-c2ccc(COc3cc(CC)nc4c3CCCC4)cc2)n1. The molecule has 2 aromatic carbocycles. The Balaban J connectivity index is 1.41. The van der Waals surface area contributed by atoms with Crippen molar-refractivity contribution in [2.45, 2.75) is 118 Å². The first-order chi connectivity index (χ1) is 22.5. The number of benzene rings is 2. The van der Waals surface area contributed by atoms with Crippen LogP contribution in [0.2, 0.25) is 13.3 Å². The van der Waals surface area contributed by atoms with Gasteiger partial charge >= 0.3 is 215 Å². The molecule has 1 aliphatic carbocycles. The van der Waals surface area contributed by atoms with Crippen LogP contribution < -0.4 is 9.47 Å². The van der Waals surface area contributed by atoms with Crippen LogP contribution in [0, 0.1) is 0 Å². The summed E-state index contributed by atoms with van der Waals surface area (Å²) in [6.45, 7) is 9.59. The Hall–Kier alpha value is -2.94. The van der Waals surface area contributed by atoms with E-state index in [1.165, 1.54) is 75.9 Å². The number of ether oxygens (including phenoxy) is 2. The van der Waals surface area contributed by atoms with Gasteiger partial charge in [0.1, 0.15) is 0 Å². The van der Waals surface area contributed by atoms with Crippen molar-refractivity contribution in [2.24, 2.45) is 0 Å². The van der Waals surface area contributed by atoms with E-state index in [4.69, 9.17) is 29.9 Å². The van der Waals surface area contributed by atoms with Crippen LogP contribution in [0.15, 0.2) is 48.5 Å². The van der Waals surface area contributed by atoms with Crippen molar-refractivity contribution in [3.8, 4) is 34.0 Å². The Morgan fingerprint density at radius 1 is 0.804 bits per heavy atom. The van der Waals surface area contributed by atoms with E-state index in [0.717, 1.165) is 58.7 Å². The second kappa shape index (κ2) is 16.8. The molecule has 46 heavy (non-hydrogen) atoms. The van der Waals surface area contributed by atoms with Crippen LogP contribution in [0.3, 0.4) is 0 Å². The number of tetrazole rings is 1. The number of nitrogens with zero attached hydrogens (tertiary/aromatic N) is 5. The normalized spacial score (nSPS) is 13.1. The Bertz CT molecular complexity index is 1530. The van der Waals surface area contributed by atoms with Crippen molar-refractivity contribution in [2.75, 3.05) is 7.11 Å². The zero-order valence-electron chi connectivity index (χ0n) is 28.8. The van der Waals surface area contributed by atoms with E-state index < -0.39 is 18.7 Å². The summed E-state index contributed by atoms with van der Waals surface area (Å²) in [7, 11) is 1.71. The number of unbranched alkanes of at least 4 members (excludes halogenated alkanes) is 3. The van der Waals surface area contributed by atoms with Gasteiger partial charge in [0, 0.05) is 23.0 Å². The van der Waals surface area contributed by atoms with Crippen molar-refractivity contribution in [3.05, 3.63) is 71.0 Å². The molecule has 0 amide bonds. The van der Waals surface area contributed by atoms with Crippen molar-refractivity contribution in [3.63, 3.8) is 0 Å². The maximum atomic E-state index is 6.44. The number of hydrogen-bond acceptors (Lipinski definition) is 6. The average molecular weight is 731 g/mol. The van der Waals surface area contributed by atoms with Crippen LogP contribution in [-0.4, -0.2) is 49.2 Å². The van der Waals surface area contributed by atoms with Crippen molar-refractivity contribution in [1.29, 1.82) is 0 Å². The molecule has 246 valence electrons. The molecule has 2 aromatic heterocycles. The van der Waals surface area contributed by atoms with E-state index in [0.29, 0.717) is 12.4 Å². The number of methoxy groups -OCH3 is 1. The predicted octanol–water partition coefficient (Wildman–Crippen LogP) is 9.62. The summed E-state index contributed by atoms with van der Waals surface area (Å²) < 4.78 is 18.1. The fraction of sp³-hybridized carbons (Fsp3) is 0.526. The minimum absolute atomic E-state index is 0.535. The molecule has 7 nitrogen and oxygen atoms in total. The monoisotopic (exact) mass is 731 g/mol. The maximum absolute atomic E-state index is 6.44. The van der Waals surface area contributed by atoms with Crippen molar-refractivity contribution < 1.29 is 9.47 Å². The Morgan fingerprint density at radius 3 is 2.15 bits per heavy atom. The summed E-state index contributed by atoms with van der Waals surface area (Å²) in [5.41, 5.74) is 7.96. The van der Waals surface area contributed by atoms with Gasteiger partial charge in [-0.25, -0.2) is 0 Å². The molecular weight excluding hydrogens is 677 g/mol. The number of rotatable bonds is 17. The molecule has 0 fully saturated rings. The number of aryl methyl sites for hydroxylation is 2. The third kappa shape index (κ3) is 8.12. The molecule has 0 bridgehead atoms. The Morgan fingerprint density at radius 2 is 1.50 bits per heavy atom. The zero-order valence-corrected chi connectivity index (χ0v) is 31.6. The summed E-state index contributed by atoms with van der Waals surface area (Å²) in [6, 6.07) is 17.1. The van der Waals surface area contributed by atoms with Crippen LogP contribution in [0.5, 0.6) is 11.5 Å². The van der Waals surface area contributed by atoms with Gasteiger partial charge in [-0.15, -0.1) is 0 Å². The van der Waals surface area contributed by atoms with Gasteiger partial charge in [-0.1, -0.05) is 6.92 Å². The molecule has 0 saturated heterocycles. The molecule has 0 unspecified atom stereocenters. The van der Waals surface area contributed by atoms with Crippen LogP contribution in [-0.2, 0) is 25.9 Å². The first-order valence-electron chi connectivity index (χ1n) is 17.8. The molecule has 0 aliphatic heterocycles. The van der Waals surface area contributed by atoms with Crippen molar-refractivity contribution in [1.82, 2.24) is 23.4 Å². The summed E-state index contributed by atoms with van der Waals surface area (Å²) >= 11 is -2.89. The molecule has 1 aliphatic rings. The summed E-state index contributed by atoms with van der Waals surface area (Å²) in [6.07, 6.45) is 12.9.